The number of rotatable bonds is 1. The lowest BCUT2D eigenvalue weighted by atomic mass is 9.99. The Morgan fingerprint density at radius 1 is 1.00 bits per heavy atom. The molecule has 1 amide bonds. The molecule has 1 aliphatic carbocycles. The lowest BCUT2D eigenvalue weighted by molar-refractivity contribution is 0.0993. The molecule has 2 aromatic heterocycles. The van der Waals surface area contributed by atoms with E-state index >= 15 is 0 Å². The molecular formula is C23H17F2N5O2. The Kier molecular flexibility index (Phi) is 3.37. The van der Waals surface area contributed by atoms with E-state index in [0.717, 1.165) is 48.7 Å². The highest BCUT2D eigenvalue weighted by molar-refractivity contribution is 6.14. The van der Waals surface area contributed by atoms with Gasteiger partial charge in [0.15, 0.2) is 11.6 Å². The maximum absolute atomic E-state index is 13.9. The van der Waals surface area contributed by atoms with Crippen molar-refractivity contribution in [3.05, 3.63) is 68.8 Å². The molecule has 1 fully saturated rings. The summed E-state index contributed by atoms with van der Waals surface area (Å²) in [5, 5.41) is 8.50. The van der Waals surface area contributed by atoms with Crippen molar-refractivity contribution >= 4 is 28.3 Å². The first-order chi connectivity index (χ1) is 15.5. The van der Waals surface area contributed by atoms with E-state index in [1.54, 1.807) is 6.07 Å². The molecule has 7 nitrogen and oxygen atoms in total. The maximum atomic E-state index is 13.9. The SMILES string of the molecule is O=C1c2cc3[nH]c(=O)c4nnc(C5CCCC5)n4c3cc2C2Cc3cc(F)c(F)cc3N12. The summed E-state index contributed by atoms with van der Waals surface area (Å²) in [6.07, 6.45) is 4.64. The first-order valence-corrected chi connectivity index (χ1v) is 10.8. The molecule has 2 aliphatic heterocycles. The molecule has 1 saturated carbocycles. The van der Waals surface area contributed by atoms with Gasteiger partial charge in [-0.1, -0.05) is 12.8 Å². The van der Waals surface area contributed by atoms with Crippen LogP contribution in [0.25, 0.3) is 16.7 Å². The second-order valence-electron chi connectivity index (χ2n) is 8.90. The van der Waals surface area contributed by atoms with Crippen molar-refractivity contribution in [2.75, 3.05) is 4.90 Å². The van der Waals surface area contributed by atoms with Gasteiger partial charge in [0.05, 0.1) is 22.8 Å². The van der Waals surface area contributed by atoms with Crippen LogP contribution in [0.3, 0.4) is 0 Å². The number of hydrogen-bond donors (Lipinski definition) is 1. The molecule has 4 heterocycles. The van der Waals surface area contributed by atoms with Gasteiger partial charge in [0.2, 0.25) is 5.65 Å². The Hall–Kier alpha value is -3.62. The number of nitrogens with one attached hydrogen (secondary N) is 1. The maximum Gasteiger partial charge on any atom is 0.294 e. The minimum atomic E-state index is -0.977. The summed E-state index contributed by atoms with van der Waals surface area (Å²) in [4.78, 5) is 30.3. The predicted molar refractivity (Wildman–Crippen MR) is 112 cm³/mol. The number of H-pyrrole nitrogens is 1. The minimum Gasteiger partial charge on any atom is -0.317 e. The number of benzene rings is 2. The average molecular weight is 433 g/mol. The fourth-order valence-corrected chi connectivity index (χ4v) is 5.72. The third kappa shape index (κ3) is 2.18. The van der Waals surface area contributed by atoms with E-state index in [9.17, 15) is 18.4 Å². The minimum absolute atomic E-state index is 0.236. The van der Waals surface area contributed by atoms with E-state index in [1.807, 2.05) is 10.5 Å². The van der Waals surface area contributed by atoms with E-state index in [2.05, 4.69) is 15.2 Å². The number of amides is 1. The molecule has 1 atom stereocenters. The van der Waals surface area contributed by atoms with Crippen LogP contribution in [0.5, 0.6) is 0 Å². The number of nitrogens with zero attached hydrogens (tertiary/aromatic N) is 4. The highest BCUT2D eigenvalue weighted by Crippen LogP contribution is 2.48. The molecule has 7 rings (SSSR count). The highest BCUT2D eigenvalue weighted by atomic mass is 19.2. The third-order valence-corrected chi connectivity index (χ3v) is 7.18. The molecule has 0 bridgehead atoms. The zero-order valence-corrected chi connectivity index (χ0v) is 16.9. The second-order valence-corrected chi connectivity index (χ2v) is 8.90. The highest BCUT2D eigenvalue weighted by Gasteiger charge is 2.44. The Labute approximate surface area is 179 Å². The van der Waals surface area contributed by atoms with Crippen molar-refractivity contribution in [3.8, 4) is 0 Å². The van der Waals surface area contributed by atoms with Gasteiger partial charge in [0.1, 0.15) is 5.82 Å². The largest absolute Gasteiger partial charge is 0.317 e. The van der Waals surface area contributed by atoms with Gasteiger partial charge in [-0.3, -0.25) is 14.0 Å². The Morgan fingerprint density at radius 2 is 1.78 bits per heavy atom. The van der Waals surface area contributed by atoms with Gasteiger partial charge in [-0.15, -0.1) is 10.2 Å². The van der Waals surface area contributed by atoms with Crippen molar-refractivity contribution in [2.24, 2.45) is 0 Å². The Morgan fingerprint density at radius 3 is 2.59 bits per heavy atom. The predicted octanol–water partition coefficient (Wildman–Crippen LogP) is 3.76. The lowest BCUT2D eigenvalue weighted by Gasteiger charge is -2.17. The quantitative estimate of drug-likeness (QED) is 0.496. The molecular weight excluding hydrogens is 416 g/mol. The van der Waals surface area contributed by atoms with Crippen LogP contribution in [-0.2, 0) is 6.42 Å². The van der Waals surface area contributed by atoms with Gasteiger partial charge in [-0.2, -0.15) is 0 Å². The first kappa shape index (κ1) is 18.0. The van der Waals surface area contributed by atoms with Crippen LogP contribution >= 0.6 is 0 Å². The molecule has 0 spiro atoms. The summed E-state index contributed by atoms with van der Waals surface area (Å²) < 4.78 is 29.5. The summed E-state index contributed by atoms with van der Waals surface area (Å²) in [6.45, 7) is 0. The summed E-state index contributed by atoms with van der Waals surface area (Å²) >= 11 is 0. The van der Waals surface area contributed by atoms with Gasteiger partial charge in [0.25, 0.3) is 11.5 Å². The van der Waals surface area contributed by atoms with Crippen molar-refractivity contribution in [2.45, 2.75) is 44.1 Å². The van der Waals surface area contributed by atoms with Gasteiger partial charge in [-0.25, -0.2) is 8.78 Å². The standard InChI is InChI=1S/C23H17F2N5O2/c24-14-5-11-6-18-12-8-19-16(7-13(12)23(32)29(18)17(11)9-15(14)25)26-22(31)21-28-27-20(30(19)21)10-3-1-2-4-10/h5,7-10,18H,1-4,6H2,(H,26,31). The number of anilines is 1. The van der Waals surface area contributed by atoms with E-state index in [1.165, 1.54) is 11.0 Å². The van der Waals surface area contributed by atoms with Gasteiger partial charge in [0, 0.05) is 17.5 Å². The fraction of sp³-hybridized carbons (Fsp3) is 0.304. The summed E-state index contributed by atoms with van der Waals surface area (Å²) in [5.41, 5.74) is 3.38. The molecule has 1 N–H and O–H groups in total. The van der Waals surface area contributed by atoms with E-state index < -0.39 is 11.6 Å². The second kappa shape index (κ2) is 5.99. The van der Waals surface area contributed by atoms with Gasteiger partial charge >= 0.3 is 0 Å². The summed E-state index contributed by atoms with van der Waals surface area (Å²) in [6, 6.07) is 5.50. The average Bonchev–Trinajstić information content (AvgIpc) is 3.54. The Bertz CT molecular complexity index is 1550. The summed E-state index contributed by atoms with van der Waals surface area (Å²) in [5.74, 6) is -1.16. The van der Waals surface area contributed by atoms with E-state index in [0.29, 0.717) is 28.8 Å². The van der Waals surface area contributed by atoms with E-state index in [-0.39, 0.29) is 29.1 Å². The van der Waals surface area contributed by atoms with Crippen LogP contribution < -0.4 is 10.5 Å². The molecule has 0 saturated heterocycles. The zero-order chi connectivity index (χ0) is 21.7. The van der Waals surface area contributed by atoms with Gasteiger partial charge < -0.3 is 9.88 Å². The smallest absolute Gasteiger partial charge is 0.294 e. The zero-order valence-electron chi connectivity index (χ0n) is 16.9. The normalized spacial score (nSPS) is 19.9. The molecule has 2 aromatic carbocycles. The fourth-order valence-electron chi connectivity index (χ4n) is 5.72. The summed E-state index contributed by atoms with van der Waals surface area (Å²) in [7, 11) is 0. The van der Waals surface area contributed by atoms with Crippen molar-refractivity contribution in [1.29, 1.82) is 0 Å². The topological polar surface area (TPSA) is 83.4 Å². The number of carbonyl (C=O) groups is 1. The number of carbonyl (C=O) groups excluding carboxylic acids is 1. The molecule has 32 heavy (non-hydrogen) atoms. The van der Waals surface area contributed by atoms with Crippen molar-refractivity contribution in [3.63, 3.8) is 0 Å². The van der Waals surface area contributed by atoms with Crippen LogP contribution in [0.1, 0.15) is 65.0 Å². The van der Waals surface area contributed by atoms with Crippen LogP contribution in [0.4, 0.5) is 14.5 Å². The monoisotopic (exact) mass is 433 g/mol. The molecule has 3 aliphatic rings. The van der Waals surface area contributed by atoms with Crippen LogP contribution in [0, 0.1) is 11.6 Å². The molecule has 9 heteroatoms. The molecule has 160 valence electrons. The Balaban J connectivity index is 1.47. The van der Waals surface area contributed by atoms with Crippen LogP contribution in [0.2, 0.25) is 0 Å². The number of halogens is 2. The lowest BCUT2D eigenvalue weighted by Crippen LogP contribution is -2.24. The number of fused-ring (bicyclic) bond motifs is 8. The molecule has 0 radical (unpaired) electrons. The van der Waals surface area contributed by atoms with Crippen molar-refractivity contribution < 1.29 is 13.6 Å². The van der Waals surface area contributed by atoms with Crippen LogP contribution in [-0.4, -0.2) is 25.5 Å². The first-order valence-electron chi connectivity index (χ1n) is 10.8. The van der Waals surface area contributed by atoms with E-state index in [4.69, 9.17) is 0 Å². The molecule has 1 unspecified atom stereocenters. The number of aromatic amines is 1. The van der Waals surface area contributed by atoms with Crippen molar-refractivity contribution in [1.82, 2.24) is 19.6 Å². The molecule has 4 aromatic rings. The number of aromatic nitrogens is 4. The third-order valence-electron chi connectivity index (χ3n) is 7.18. The van der Waals surface area contributed by atoms with Gasteiger partial charge in [-0.05, 0) is 48.6 Å². The number of hydrogen-bond acceptors (Lipinski definition) is 4. The van der Waals surface area contributed by atoms with Crippen LogP contribution in [0.15, 0.2) is 29.1 Å².